The summed E-state index contributed by atoms with van der Waals surface area (Å²) in [5.74, 6) is 0.728. The Morgan fingerprint density at radius 3 is 2.53 bits per heavy atom. The van der Waals surface area contributed by atoms with E-state index in [0.29, 0.717) is 29.8 Å². The van der Waals surface area contributed by atoms with E-state index < -0.39 is 0 Å². The molecule has 1 aliphatic heterocycles. The van der Waals surface area contributed by atoms with E-state index in [1.54, 1.807) is 18.2 Å². The topological polar surface area (TPSA) is 74.4 Å². The van der Waals surface area contributed by atoms with E-state index in [1.165, 1.54) is 0 Å². The van der Waals surface area contributed by atoms with Crippen molar-refractivity contribution >= 4 is 28.4 Å². The van der Waals surface area contributed by atoms with Crippen LogP contribution in [0.15, 0.2) is 77.6 Å². The zero-order valence-electron chi connectivity index (χ0n) is 20.3. The highest BCUT2D eigenvalue weighted by Gasteiger charge is 2.38. The molecule has 6 nitrogen and oxygen atoms in total. The van der Waals surface area contributed by atoms with Crippen molar-refractivity contribution in [3.05, 3.63) is 110 Å². The second-order valence-electron chi connectivity index (χ2n) is 9.02. The normalized spacial score (nSPS) is 17.5. The molecule has 2 heterocycles. The highest BCUT2D eigenvalue weighted by Crippen LogP contribution is 2.39. The number of benzene rings is 3. The van der Waals surface area contributed by atoms with Crippen LogP contribution in [0.1, 0.15) is 54.1 Å². The summed E-state index contributed by atoms with van der Waals surface area (Å²) in [4.78, 5) is 29.5. The Bertz CT molecular complexity index is 1450. The van der Waals surface area contributed by atoms with Crippen LogP contribution in [0.2, 0.25) is 5.02 Å². The second-order valence-corrected chi connectivity index (χ2v) is 9.46. The number of hydrogen-bond donors (Lipinski definition) is 2. The van der Waals surface area contributed by atoms with E-state index >= 15 is 0 Å². The van der Waals surface area contributed by atoms with E-state index in [-0.39, 0.29) is 23.6 Å². The third-order valence-corrected chi connectivity index (χ3v) is 7.07. The summed E-state index contributed by atoms with van der Waals surface area (Å²) < 4.78 is 5.30. The van der Waals surface area contributed by atoms with Crippen molar-refractivity contribution in [3.8, 4) is 5.75 Å². The molecular weight excluding hydrogens is 474 g/mol. The minimum Gasteiger partial charge on any atom is -0.497 e. The lowest BCUT2D eigenvalue weighted by Crippen LogP contribution is -2.40. The molecule has 0 radical (unpaired) electrons. The van der Waals surface area contributed by atoms with Gasteiger partial charge in [-0.1, -0.05) is 61.0 Å². The summed E-state index contributed by atoms with van der Waals surface area (Å²) in [5, 5.41) is 3.19. The number of rotatable bonds is 6. The zero-order valence-corrected chi connectivity index (χ0v) is 21.0. The van der Waals surface area contributed by atoms with Gasteiger partial charge in [0.05, 0.1) is 19.2 Å². The number of nitrogens with one attached hydrogen (secondary N) is 2. The smallest absolute Gasteiger partial charge is 0.253 e. The van der Waals surface area contributed by atoms with Crippen LogP contribution in [0.4, 0.5) is 0 Å². The average Bonchev–Trinajstić information content (AvgIpc) is 3.34. The van der Waals surface area contributed by atoms with Crippen LogP contribution in [-0.2, 0) is 11.2 Å². The summed E-state index contributed by atoms with van der Waals surface area (Å²) >= 11 is 6.39. The molecule has 5 rings (SSSR count). The molecule has 3 aromatic carbocycles. The number of hydrogen-bond acceptors (Lipinski definition) is 4. The first-order valence-electron chi connectivity index (χ1n) is 12.1. The zero-order chi connectivity index (χ0) is 25.2. The van der Waals surface area contributed by atoms with Gasteiger partial charge in [0, 0.05) is 27.9 Å². The predicted octanol–water partition coefficient (Wildman–Crippen LogP) is 5.71. The number of aromatic nitrogens is 1. The monoisotopic (exact) mass is 501 g/mol. The molecule has 0 saturated carbocycles. The minimum atomic E-state index is -0.349. The first-order valence-corrected chi connectivity index (χ1v) is 12.5. The molecule has 1 aliphatic rings. The summed E-state index contributed by atoms with van der Waals surface area (Å²) in [6, 6.07) is 22.7. The summed E-state index contributed by atoms with van der Waals surface area (Å²) in [7, 11) is 1.63. The number of carbonyl (C=O) groups is 1. The number of fused-ring (bicyclic) bond motifs is 1. The molecule has 0 aliphatic carbocycles. The first kappa shape index (κ1) is 24.1. The quantitative estimate of drug-likeness (QED) is 0.355. The van der Waals surface area contributed by atoms with Gasteiger partial charge in [0.15, 0.2) is 0 Å². The van der Waals surface area contributed by atoms with E-state index in [4.69, 9.17) is 16.3 Å². The van der Waals surface area contributed by atoms with E-state index in [2.05, 4.69) is 22.5 Å². The molecule has 1 amide bonds. The first-order chi connectivity index (χ1) is 17.5. The van der Waals surface area contributed by atoms with E-state index in [0.717, 1.165) is 33.3 Å². The maximum Gasteiger partial charge on any atom is 0.253 e. The van der Waals surface area contributed by atoms with Gasteiger partial charge in [0.25, 0.3) is 5.56 Å². The lowest BCUT2D eigenvalue weighted by atomic mass is 9.90. The number of methoxy groups -OCH3 is 1. The maximum atomic E-state index is 13.5. The molecule has 2 N–H and O–H groups in total. The molecule has 184 valence electrons. The average molecular weight is 502 g/mol. The molecule has 0 bridgehead atoms. The Morgan fingerprint density at radius 2 is 1.83 bits per heavy atom. The van der Waals surface area contributed by atoms with Gasteiger partial charge in [-0.25, -0.2) is 5.43 Å². The van der Waals surface area contributed by atoms with Gasteiger partial charge in [-0.05, 0) is 59.9 Å². The molecule has 0 spiro atoms. The van der Waals surface area contributed by atoms with Crippen LogP contribution in [-0.4, -0.2) is 23.0 Å². The van der Waals surface area contributed by atoms with Gasteiger partial charge in [-0.3, -0.25) is 14.6 Å². The van der Waals surface area contributed by atoms with E-state index in [1.807, 2.05) is 61.5 Å². The van der Waals surface area contributed by atoms with Crippen LogP contribution >= 0.6 is 11.6 Å². The number of hydrazine groups is 1. The van der Waals surface area contributed by atoms with Crippen molar-refractivity contribution in [3.63, 3.8) is 0 Å². The van der Waals surface area contributed by atoms with Crippen LogP contribution in [0.25, 0.3) is 10.9 Å². The van der Waals surface area contributed by atoms with Crippen molar-refractivity contribution in [2.75, 3.05) is 7.11 Å². The number of pyridine rings is 1. The van der Waals surface area contributed by atoms with Gasteiger partial charge >= 0.3 is 0 Å². The lowest BCUT2D eigenvalue weighted by Gasteiger charge is -2.24. The molecule has 4 aromatic rings. The van der Waals surface area contributed by atoms with E-state index in [9.17, 15) is 9.59 Å². The Hall–Kier alpha value is -3.61. The Labute approximate surface area is 214 Å². The number of ether oxygens (including phenoxy) is 1. The Balaban J connectivity index is 1.63. The van der Waals surface area contributed by atoms with Crippen molar-refractivity contribution in [2.45, 2.75) is 38.3 Å². The maximum absolute atomic E-state index is 13.5. The van der Waals surface area contributed by atoms with Crippen LogP contribution in [0, 0.1) is 0 Å². The largest absolute Gasteiger partial charge is 0.497 e. The molecule has 7 heteroatoms. The van der Waals surface area contributed by atoms with Crippen LogP contribution < -0.4 is 15.7 Å². The Morgan fingerprint density at radius 1 is 1.08 bits per heavy atom. The fraction of sp³-hybridized carbons (Fsp3) is 0.241. The fourth-order valence-corrected chi connectivity index (χ4v) is 5.23. The second kappa shape index (κ2) is 10.2. The summed E-state index contributed by atoms with van der Waals surface area (Å²) in [6.45, 7) is 1.84. The van der Waals surface area contributed by atoms with Gasteiger partial charge in [0.2, 0.25) is 5.91 Å². The molecule has 2 atom stereocenters. The molecule has 1 fully saturated rings. The standard InChI is InChI=1S/C29H28ClN3O3/c1-3-27(34)33-26(19-9-12-21(36-2)13-10-19)17-25(32-33)28-23(15-18-7-5-4-6-8-18)22-16-20(30)11-14-24(22)31-29(28)35/h4-14,16,25-26,32H,3,15,17H2,1-2H3,(H,31,35). The molecule has 2 unspecified atom stereocenters. The van der Waals surface area contributed by atoms with Crippen molar-refractivity contribution in [1.29, 1.82) is 0 Å². The molecule has 1 aromatic heterocycles. The number of halogens is 1. The van der Waals surface area contributed by atoms with Gasteiger partial charge < -0.3 is 9.72 Å². The molecule has 36 heavy (non-hydrogen) atoms. The molecular formula is C29H28ClN3O3. The van der Waals surface area contributed by atoms with Gasteiger partial charge in [-0.2, -0.15) is 0 Å². The fourth-order valence-electron chi connectivity index (χ4n) is 5.05. The minimum absolute atomic E-state index is 0.0248. The third kappa shape index (κ3) is 4.62. The SMILES string of the molecule is CCC(=O)N1NC(c2c(Cc3ccccc3)c3cc(Cl)ccc3[nH]c2=O)CC1c1ccc(OC)cc1. The van der Waals surface area contributed by atoms with Crippen LogP contribution in [0.3, 0.4) is 0 Å². The van der Waals surface area contributed by atoms with Crippen molar-refractivity contribution in [1.82, 2.24) is 15.4 Å². The number of nitrogens with zero attached hydrogens (tertiary/aromatic N) is 1. The predicted molar refractivity (Wildman–Crippen MR) is 142 cm³/mol. The van der Waals surface area contributed by atoms with Crippen molar-refractivity contribution < 1.29 is 9.53 Å². The van der Waals surface area contributed by atoms with Gasteiger partial charge in [-0.15, -0.1) is 0 Å². The number of carbonyl (C=O) groups excluding carboxylic acids is 1. The number of H-pyrrole nitrogens is 1. The van der Waals surface area contributed by atoms with Crippen molar-refractivity contribution in [2.24, 2.45) is 0 Å². The molecule has 1 saturated heterocycles. The highest BCUT2D eigenvalue weighted by atomic mass is 35.5. The third-order valence-electron chi connectivity index (χ3n) is 6.83. The summed E-state index contributed by atoms with van der Waals surface area (Å²) in [5.41, 5.74) is 7.59. The van der Waals surface area contributed by atoms with Gasteiger partial charge in [0.1, 0.15) is 5.75 Å². The Kier molecular flexibility index (Phi) is 6.81. The highest BCUT2D eigenvalue weighted by molar-refractivity contribution is 6.31. The lowest BCUT2D eigenvalue weighted by molar-refractivity contribution is -0.135. The number of amides is 1. The summed E-state index contributed by atoms with van der Waals surface area (Å²) in [6.07, 6.45) is 1.49. The van der Waals surface area contributed by atoms with Crippen LogP contribution in [0.5, 0.6) is 5.75 Å². The number of aromatic amines is 1.